The summed E-state index contributed by atoms with van der Waals surface area (Å²) in [7, 11) is 0. The Kier molecular flexibility index (Phi) is 5.44. The lowest BCUT2D eigenvalue weighted by molar-refractivity contribution is 0.0719. The third-order valence-electron chi connectivity index (χ3n) is 5.07. The van der Waals surface area contributed by atoms with Crippen LogP contribution in [0.5, 0.6) is 0 Å². The molecule has 4 rings (SSSR count). The van der Waals surface area contributed by atoms with Crippen molar-refractivity contribution in [3.05, 3.63) is 64.7 Å². The molecule has 1 atom stereocenters. The van der Waals surface area contributed by atoms with Crippen LogP contribution in [0.3, 0.4) is 0 Å². The first kappa shape index (κ1) is 19.3. The molecule has 2 amide bonds. The van der Waals surface area contributed by atoms with Gasteiger partial charge in [0, 0.05) is 30.8 Å². The maximum Gasteiger partial charge on any atom is 0.411 e. The van der Waals surface area contributed by atoms with E-state index < -0.39 is 23.6 Å². The molecule has 8 heteroatoms. The molecule has 0 aromatic heterocycles. The maximum absolute atomic E-state index is 14.1. The van der Waals surface area contributed by atoms with E-state index in [0.29, 0.717) is 31.9 Å². The predicted octanol–water partition coefficient (Wildman–Crippen LogP) is 3.50. The zero-order valence-corrected chi connectivity index (χ0v) is 15.6. The summed E-state index contributed by atoms with van der Waals surface area (Å²) in [6, 6.07) is 8.95. The van der Waals surface area contributed by atoms with Gasteiger partial charge in [0.1, 0.15) is 17.7 Å². The monoisotopic (exact) mass is 402 g/mol. The fourth-order valence-electron chi connectivity index (χ4n) is 3.55. The molecule has 1 fully saturated rings. The number of rotatable bonds is 4. The first-order valence-corrected chi connectivity index (χ1v) is 9.42. The molecule has 0 aliphatic carbocycles. The van der Waals surface area contributed by atoms with Crippen LogP contribution in [0.2, 0.25) is 0 Å². The molecule has 1 unspecified atom stereocenters. The maximum atomic E-state index is 14.1. The van der Waals surface area contributed by atoms with Gasteiger partial charge in [-0.25, -0.2) is 13.6 Å². The summed E-state index contributed by atoms with van der Waals surface area (Å²) < 4.78 is 38.3. The van der Waals surface area contributed by atoms with E-state index in [0.717, 1.165) is 17.7 Å². The molecule has 29 heavy (non-hydrogen) atoms. The number of ether oxygens (including phenoxy) is 2. The highest BCUT2D eigenvalue weighted by Gasteiger charge is 2.29. The van der Waals surface area contributed by atoms with Gasteiger partial charge in [-0.1, -0.05) is 12.1 Å². The lowest BCUT2D eigenvalue weighted by Crippen LogP contribution is -2.38. The zero-order valence-electron chi connectivity index (χ0n) is 15.6. The molecule has 6 nitrogen and oxygen atoms in total. The lowest BCUT2D eigenvalue weighted by atomic mass is 9.97. The van der Waals surface area contributed by atoms with Gasteiger partial charge in [-0.15, -0.1) is 0 Å². The fourth-order valence-corrected chi connectivity index (χ4v) is 3.55. The van der Waals surface area contributed by atoms with E-state index >= 15 is 0 Å². The van der Waals surface area contributed by atoms with Gasteiger partial charge in [-0.3, -0.25) is 10.1 Å². The van der Waals surface area contributed by atoms with Gasteiger partial charge in [0.15, 0.2) is 0 Å². The second kappa shape index (κ2) is 8.16. The highest BCUT2D eigenvalue weighted by atomic mass is 19.1. The molecular formula is C21H20F2N2O4. The average molecular weight is 402 g/mol. The van der Waals surface area contributed by atoms with Crippen LogP contribution >= 0.6 is 0 Å². The van der Waals surface area contributed by atoms with E-state index in [1.165, 1.54) is 4.90 Å². The smallest absolute Gasteiger partial charge is 0.411 e. The predicted molar refractivity (Wildman–Crippen MR) is 101 cm³/mol. The Morgan fingerprint density at radius 3 is 2.66 bits per heavy atom. The molecule has 2 heterocycles. The largest absolute Gasteiger partial charge is 0.443 e. The number of carbonyl (C=O) groups excluding carboxylic acids is 2. The van der Waals surface area contributed by atoms with Gasteiger partial charge >= 0.3 is 6.09 Å². The second-order valence-corrected chi connectivity index (χ2v) is 7.07. The summed E-state index contributed by atoms with van der Waals surface area (Å²) in [6.45, 7) is 1.56. The standard InChI is InChI=1S/C21H20F2N2O4/c22-17-5-6-18(23)19-16(17)7-9-25(20(19)26)11-13-1-3-14(4-2-13)24-21(27)29-15-8-10-28-12-15/h1-6,15H,7-12H2,(H,24,27). The Hall–Kier alpha value is -3.00. The molecule has 1 saturated heterocycles. The molecule has 2 aromatic carbocycles. The molecule has 2 aliphatic heterocycles. The molecular weight excluding hydrogens is 382 g/mol. The first-order valence-electron chi connectivity index (χ1n) is 9.42. The normalized spacial score (nSPS) is 18.5. The van der Waals surface area contributed by atoms with Crippen LogP contribution in [0.1, 0.15) is 27.9 Å². The Bertz CT molecular complexity index is 927. The van der Waals surface area contributed by atoms with Gasteiger partial charge in [-0.05, 0) is 36.2 Å². The fraction of sp³-hybridized carbons (Fsp3) is 0.333. The second-order valence-electron chi connectivity index (χ2n) is 7.07. The summed E-state index contributed by atoms with van der Waals surface area (Å²) >= 11 is 0. The van der Waals surface area contributed by atoms with Crippen molar-refractivity contribution in [2.24, 2.45) is 0 Å². The summed E-state index contributed by atoms with van der Waals surface area (Å²) in [4.78, 5) is 26.0. The van der Waals surface area contributed by atoms with Gasteiger partial charge in [0.2, 0.25) is 0 Å². The molecule has 1 N–H and O–H groups in total. The molecule has 0 spiro atoms. The van der Waals surface area contributed by atoms with E-state index in [2.05, 4.69) is 5.32 Å². The highest BCUT2D eigenvalue weighted by Crippen LogP contribution is 2.26. The Labute approximate surface area is 166 Å². The number of hydrogen-bond donors (Lipinski definition) is 1. The van der Waals surface area contributed by atoms with Gasteiger partial charge in [-0.2, -0.15) is 0 Å². The number of hydrogen-bond acceptors (Lipinski definition) is 4. The van der Waals surface area contributed by atoms with E-state index in [9.17, 15) is 18.4 Å². The van der Waals surface area contributed by atoms with E-state index in [1.54, 1.807) is 24.3 Å². The van der Waals surface area contributed by atoms with Crippen molar-refractivity contribution in [3.63, 3.8) is 0 Å². The van der Waals surface area contributed by atoms with Crippen LogP contribution in [-0.4, -0.2) is 42.8 Å². The van der Waals surface area contributed by atoms with Crippen LogP contribution < -0.4 is 5.32 Å². The summed E-state index contributed by atoms with van der Waals surface area (Å²) in [5.74, 6) is -1.78. The van der Waals surface area contributed by atoms with Crippen LogP contribution in [0.15, 0.2) is 36.4 Å². The average Bonchev–Trinajstić information content (AvgIpc) is 3.21. The molecule has 0 radical (unpaired) electrons. The minimum absolute atomic E-state index is 0.136. The van der Waals surface area contributed by atoms with Gasteiger partial charge < -0.3 is 14.4 Å². The van der Waals surface area contributed by atoms with Crippen molar-refractivity contribution >= 4 is 17.7 Å². The number of nitrogens with one attached hydrogen (secondary N) is 1. The zero-order chi connectivity index (χ0) is 20.4. The molecule has 2 aliphatic rings. The van der Waals surface area contributed by atoms with Crippen molar-refractivity contribution < 1.29 is 27.8 Å². The van der Waals surface area contributed by atoms with Crippen LogP contribution in [0, 0.1) is 11.6 Å². The molecule has 0 saturated carbocycles. The van der Waals surface area contributed by atoms with Gasteiger partial charge in [0.25, 0.3) is 5.91 Å². The van der Waals surface area contributed by atoms with Crippen molar-refractivity contribution in [1.82, 2.24) is 4.90 Å². The molecule has 0 bridgehead atoms. The summed E-state index contributed by atoms with van der Waals surface area (Å²) in [5.41, 5.74) is 1.31. The Morgan fingerprint density at radius 2 is 1.93 bits per heavy atom. The number of benzene rings is 2. The van der Waals surface area contributed by atoms with E-state index in [-0.39, 0.29) is 30.2 Å². The third kappa shape index (κ3) is 4.22. The molecule has 2 aromatic rings. The highest BCUT2D eigenvalue weighted by molar-refractivity contribution is 5.97. The number of amides is 2. The van der Waals surface area contributed by atoms with Crippen LogP contribution in [-0.2, 0) is 22.4 Å². The Balaban J connectivity index is 1.38. The summed E-state index contributed by atoms with van der Waals surface area (Å²) in [6.07, 6.45) is 0.172. The molecule has 152 valence electrons. The van der Waals surface area contributed by atoms with Crippen molar-refractivity contribution in [1.29, 1.82) is 0 Å². The SMILES string of the molecule is O=C(Nc1ccc(CN2CCc3c(F)ccc(F)c3C2=O)cc1)OC1CCOC1. The minimum Gasteiger partial charge on any atom is -0.443 e. The van der Waals surface area contributed by atoms with E-state index in [1.807, 2.05) is 0 Å². The lowest BCUT2D eigenvalue weighted by Gasteiger charge is -2.29. The topological polar surface area (TPSA) is 67.9 Å². The van der Waals surface area contributed by atoms with Crippen molar-refractivity contribution in [2.75, 3.05) is 25.1 Å². The number of anilines is 1. The first-order chi connectivity index (χ1) is 14.0. The van der Waals surface area contributed by atoms with Crippen molar-refractivity contribution in [2.45, 2.75) is 25.5 Å². The minimum atomic E-state index is -0.707. The van der Waals surface area contributed by atoms with Crippen molar-refractivity contribution in [3.8, 4) is 0 Å². The third-order valence-corrected chi connectivity index (χ3v) is 5.07. The van der Waals surface area contributed by atoms with Crippen LogP contribution in [0.25, 0.3) is 0 Å². The number of nitrogens with zero attached hydrogens (tertiary/aromatic N) is 1. The van der Waals surface area contributed by atoms with Crippen LogP contribution in [0.4, 0.5) is 19.3 Å². The number of carbonyl (C=O) groups is 2. The van der Waals surface area contributed by atoms with Gasteiger partial charge in [0.05, 0.1) is 18.8 Å². The Morgan fingerprint density at radius 1 is 1.17 bits per heavy atom. The summed E-state index contributed by atoms with van der Waals surface area (Å²) in [5, 5.41) is 2.65. The number of halogens is 2. The van der Waals surface area contributed by atoms with E-state index in [4.69, 9.17) is 9.47 Å². The quantitative estimate of drug-likeness (QED) is 0.850. The number of fused-ring (bicyclic) bond motifs is 1.